The highest BCUT2D eigenvalue weighted by atomic mass is 79.9. The normalized spacial score (nSPS) is 15.6. The Bertz CT molecular complexity index is 536. The molecule has 1 aromatic rings. The highest BCUT2D eigenvalue weighted by molar-refractivity contribution is 9.10. The Kier molecular flexibility index (Phi) is 7.62. The van der Waals surface area contributed by atoms with E-state index < -0.39 is 0 Å². The maximum Gasteiger partial charge on any atom is 0.338 e. The van der Waals surface area contributed by atoms with E-state index in [1.165, 1.54) is 0 Å². The molecule has 0 radical (unpaired) electrons. The summed E-state index contributed by atoms with van der Waals surface area (Å²) in [5.74, 6) is 0.248. The lowest BCUT2D eigenvalue weighted by atomic mass is 10.1. The van der Waals surface area contributed by atoms with Crippen LogP contribution in [0.2, 0.25) is 0 Å². The van der Waals surface area contributed by atoms with E-state index in [0.717, 1.165) is 49.2 Å². The first-order valence-corrected chi connectivity index (χ1v) is 9.05. The predicted molar refractivity (Wildman–Crippen MR) is 94.9 cm³/mol. The standard InChI is InChI=1S/C16H22BrClN2O3/c17-14-10-12(16(21)23-6-2-1-3-18)9-13(15(14)19)11-20-4-7-22-8-5-20/h9-10H,1-8,11,19H2. The molecule has 23 heavy (non-hydrogen) atoms. The number of anilines is 1. The second-order valence-electron chi connectivity index (χ2n) is 5.45. The number of hydrogen-bond acceptors (Lipinski definition) is 5. The lowest BCUT2D eigenvalue weighted by Gasteiger charge is -2.27. The molecular weight excluding hydrogens is 384 g/mol. The Morgan fingerprint density at radius 3 is 2.78 bits per heavy atom. The zero-order valence-corrected chi connectivity index (χ0v) is 15.4. The Hall–Kier alpha value is -0.820. The SMILES string of the molecule is Nc1c(Br)cc(C(=O)OCCCCCl)cc1CN1CCOCC1. The molecule has 0 amide bonds. The molecule has 128 valence electrons. The van der Waals surface area contributed by atoms with E-state index in [1.807, 2.05) is 6.07 Å². The molecule has 1 aliphatic rings. The van der Waals surface area contributed by atoms with Crippen molar-refractivity contribution in [2.45, 2.75) is 19.4 Å². The molecule has 5 nitrogen and oxygen atoms in total. The number of alkyl halides is 1. The van der Waals surface area contributed by atoms with Crippen LogP contribution in [0.1, 0.15) is 28.8 Å². The first kappa shape index (κ1) is 18.5. The van der Waals surface area contributed by atoms with Crippen LogP contribution in [0.15, 0.2) is 16.6 Å². The summed E-state index contributed by atoms with van der Waals surface area (Å²) in [5.41, 5.74) is 8.24. The Balaban J connectivity index is 2.04. The van der Waals surface area contributed by atoms with Crippen molar-refractivity contribution in [3.63, 3.8) is 0 Å². The van der Waals surface area contributed by atoms with E-state index in [2.05, 4.69) is 20.8 Å². The minimum atomic E-state index is -0.330. The van der Waals surface area contributed by atoms with E-state index in [9.17, 15) is 4.79 Å². The minimum absolute atomic E-state index is 0.330. The van der Waals surface area contributed by atoms with Crippen LogP contribution in [-0.4, -0.2) is 49.7 Å². The molecule has 0 aromatic heterocycles. The van der Waals surface area contributed by atoms with Crippen LogP contribution in [0.4, 0.5) is 5.69 Å². The summed E-state index contributed by atoms with van der Waals surface area (Å²) in [6, 6.07) is 3.53. The summed E-state index contributed by atoms with van der Waals surface area (Å²) in [5, 5.41) is 0. The number of halogens is 2. The van der Waals surface area contributed by atoms with Gasteiger partial charge in [0.15, 0.2) is 0 Å². The highest BCUT2D eigenvalue weighted by Gasteiger charge is 2.17. The molecule has 7 heteroatoms. The Morgan fingerprint density at radius 1 is 1.35 bits per heavy atom. The van der Waals surface area contributed by atoms with Gasteiger partial charge in [-0.25, -0.2) is 4.79 Å². The van der Waals surface area contributed by atoms with Gasteiger partial charge < -0.3 is 15.2 Å². The van der Waals surface area contributed by atoms with Gasteiger partial charge in [0.25, 0.3) is 0 Å². The third-order valence-electron chi connectivity index (χ3n) is 3.71. The summed E-state index contributed by atoms with van der Waals surface area (Å²) in [6.07, 6.45) is 1.61. The number of ether oxygens (including phenoxy) is 2. The molecule has 0 spiro atoms. The number of hydrogen-bond donors (Lipinski definition) is 1. The monoisotopic (exact) mass is 404 g/mol. The Labute approximate surface area is 150 Å². The van der Waals surface area contributed by atoms with Gasteiger partial charge in [-0.1, -0.05) is 0 Å². The van der Waals surface area contributed by atoms with Crippen molar-refractivity contribution in [1.29, 1.82) is 0 Å². The second kappa shape index (κ2) is 9.47. The van der Waals surface area contributed by atoms with Crippen molar-refractivity contribution >= 4 is 39.2 Å². The van der Waals surface area contributed by atoms with E-state index in [-0.39, 0.29) is 5.97 Å². The molecule has 1 heterocycles. The molecule has 0 atom stereocenters. The number of nitrogens with two attached hydrogens (primary N) is 1. The molecule has 1 aliphatic heterocycles. The molecular formula is C16H22BrClN2O3. The number of morpholine rings is 1. The van der Waals surface area contributed by atoms with Crippen LogP contribution in [0.25, 0.3) is 0 Å². The van der Waals surface area contributed by atoms with Crippen molar-refractivity contribution in [3.8, 4) is 0 Å². The lowest BCUT2D eigenvalue weighted by molar-refractivity contribution is 0.0342. The number of nitrogen functional groups attached to an aromatic ring is 1. The summed E-state index contributed by atoms with van der Waals surface area (Å²) >= 11 is 9.04. The van der Waals surface area contributed by atoms with Crippen molar-refractivity contribution in [2.75, 3.05) is 44.5 Å². The molecule has 0 aliphatic carbocycles. The van der Waals surface area contributed by atoms with Gasteiger partial charge in [0, 0.05) is 30.0 Å². The smallest absolute Gasteiger partial charge is 0.338 e. The van der Waals surface area contributed by atoms with Crippen molar-refractivity contribution in [2.24, 2.45) is 0 Å². The predicted octanol–water partition coefficient (Wildman–Crippen LogP) is 3.04. The zero-order chi connectivity index (χ0) is 16.7. The average Bonchev–Trinajstić information content (AvgIpc) is 2.56. The average molecular weight is 406 g/mol. The van der Waals surface area contributed by atoms with Crippen LogP contribution in [0, 0.1) is 0 Å². The fraction of sp³-hybridized carbons (Fsp3) is 0.562. The summed E-state index contributed by atoms with van der Waals surface area (Å²) in [7, 11) is 0. The molecule has 1 fully saturated rings. The van der Waals surface area contributed by atoms with Gasteiger partial charge in [-0.15, -0.1) is 11.6 Å². The largest absolute Gasteiger partial charge is 0.462 e. The molecule has 0 unspecified atom stereocenters. The van der Waals surface area contributed by atoms with Crippen LogP contribution in [0.5, 0.6) is 0 Å². The van der Waals surface area contributed by atoms with Crippen LogP contribution < -0.4 is 5.73 Å². The molecule has 1 saturated heterocycles. The molecule has 2 rings (SSSR count). The van der Waals surface area contributed by atoms with Gasteiger partial charge in [-0.3, -0.25) is 4.90 Å². The summed E-state index contributed by atoms with van der Waals surface area (Å²) < 4.78 is 11.3. The fourth-order valence-electron chi connectivity index (χ4n) is 2.37. The molecule has 2 N–H and O–H groups in total. The number of carbonyl (C=O) groups excluding carboxylic acids is 1. The third-order valence-corrected chi connectivity index (χ3v) is 4.63. The van der Waals surface area contributed by atoms with E-state index in [1.54, 1.807) is 6.07 Å². The van der Waals surface area contributed by atoms with Gasteiger partial charge in [0.1, 0.15) is 0 Å². The lowest BCUT2D eigenvalue weighted by Crippen LogP contribution is -2.35. The van der Waals surface area contributed by atoms with Gasteiger partial charge in [0.05, 0.1) is 31.1 Å². The van der Waals surface area contributed by atoms with Crippen molar-refractivity contribution in [3.05, 3.63) is 27.7 Å². The van der Waals surface area contributed by atoms with Crippen LogP contribution in [-0.2, 0) is 16.0 Å². The molecule has 1 aromatic carbocycles. The van der Waals surface area contributed by atoms with Crippen molar-refractivity contribution in [1.82, 2.24) is 4.90 Å². The number of nitrogens with zero attached hydrogens (tertiary/aromatic N) is 1. The number of unbranched alkanes of at least 4 members (excludes halogenated alkanes) is 1. The first-order valence-electron chi connectivity index (χ1n) is 7.73. The minimum Gasteiger partial charge on any atom is -0.462 e. The number of esters is 1. The summed E-state index contributed by atoms with van der Waals surface area (Å²) in [4.78, 5) is 14.4. The van der Waals surface area contributed by atoms with E-state index in [4.69, 9.17) is 26.8 Å². The van der Waals surface area contributed by atoms with Gasteiger partial charge in [-0.2, -0.15) is 0 Å². The fourth-order valence-corrected chi connectivity index (χ4v) is 3.06. The highest BCUT2D eigenvalue weighted by Crippen LogP contribution is 2.27. The zero-order valence-electron chi connectivity index (χ0n) is 13.0. The topological polar surface area (TPSA) is 64.8 Å². The maximum atomic E-state index is 12.2. The van der Waals surface area contributed by atoms with E-state index in [0.29, 0.717) is 30.3 Å². The van der Waals surface area contributed by atoms with Gasteiger partial charge >= 0.3 is 5.97 Å². The quantitative estimate of drug-likeness (QED) is 0.327. The molecule has 0 saturated carbocycles. The summed E-state index contributed by atoms with van der Waals surface area (Å²) in [6.45, 7) is 4.26. The number of carbonyl (C=O) groups is 1. The van der Waals surface area contributed by atoms with Gasteiger partial charge in [0.2, 0.25) is 0 Å². The Morgan fingerprint density at radius 2 is 2.09 bits per heavy atom. The van der Waals surface area contributed by atoms with E-state index >= 15 is 0 Å². The number of benzene rings is 1. The maximum absolute atomic E-state index is 12.2. The number of rotatable bonds is 7. The first-order chi connectivity index (χ1) is 11.1. The second-order valence-corrected chi connectivity index (χ2v) is 6.68. The van der Waals surface area contributed by atoms with Crippen molar-refractivity contribution < 1.29 is 14.3 Å². The molecule has 0 bridgehead atoms. The van der Waals surface area contributed by atoms with Crippen LogP contribution in [0.3, 0.4) is 0 Å². The van der Waals surface area contributed by atoms with Crippen LogP contribution >= 0.6 is 27.5 Å². The third kappa shape index (κ3) is 5.64. The van der Waals surface area contributed by atoms with Gasteiger partial charge in [-0.05, 0) is 46.5 Å².